The number of anilines is 1. The molecule has 7 heteroatoms. The van der Waals surface area contributed by atoms with E-state index in [1.54, 1.807) is 25.1 Å². The number of aryl methyl sites for hydroxylation is 1. The Balaban J connectivity index is 0.00000161. The molecule has 0 radical (unpaired) electrons. The zero-order chi connectivity index (χ0) is 14.1. The second kappa shape index (κ2) is 6.15. The van der Waals surface area contributed by atoms with Crippen LogP contribution in [0.2, 0.25) is 0 Å². The van der Waals surface area contributed by atoms with Crippen LogP contribution >= 0.6 is 12.4 Å². The first-order valence-corrected chi connectivity index (χ1v) is 6.53. The van der Waals surface area contributed by atoms with E-state index in [1.807, 2.05) is 0 Å². The molecule has 0 saturated carbocycles. The maximum Gasteiger partial charge on any atom is 0.276 e. The number of amides is 1. The summed E-state index contributed by atoms with van der Waals surface area (Å²) >= 11 is 0. The molecule has 0 spiro atoms. The number of halogens is 1. The number of fused-ring (bicyclic) bond motifs is 1. The number of aromatic amines is 1. The second-order valence-corrected chi connectivity index (χ2v) is 4.91. The van der Waals surface area contributed by atoms with E-state index in [0.717, 1.165) is 24.2 Å². The highest BCUT2D eigenvalue weighted by atomic mass is 35.5. The number of phenols is 1. The number of nitrogens with zero attached hydrogens (tertiary/aromatic N) is 1. The SMILES string of the molecule is Cc1cc(NC(=O)c2n[nH]c3c2CNCC3)ccc1O.Cl. The Kier molecular flexibility index (Phi) is 4.50. The van der Waals surface area contributed by atoms with Crippen molar-refractivity contribution in [2.24, 2.45) is 0 Å². The average Bonchev–Trinajstić information content (AvgIpc) is 2.87. The molecule has 3 rings (SSSR count). The van der Waals surface area contributed by atoms with E-state index >= 15 is 0 Å². The fourth-order valence-corrected chi connectivity index (χ4v) is 2.34. The van der Waals surface area contributed by atoms with Crippen molar-refractivity contribution in [1.82, 2.24) is 15.5 Å². The zero-order valence-corrected chi connectivity index (χ0v) is 12.4. The van der Waals surface area contributed by atoms with E-state index < -0.39 is 0 Å². The molecule has 1 aliphatic heterocycles. The summed E-state index contributed by atoms with van der Waals surface area (Å²) in [5.41, 5.74) is 3.75. The van der Waals surface area contributed by atoms with Crippen LogP contribution in [0.25, 0.3) is 0 Å². The molecule has 0 fully saturated rings. The van der Waals surface area contributed by atoms with Gasteiger partial charge in [-0.25, -0.2) is 0 Å². The molecule has 0 aliphatic carbocycles. The number of hydrogen-bond acceptors (Lipinski definition) is 4. The first-order chi connectivity index (χ1) is 9.65. The number of hydrogen-bond donors (Lipinski definition) is 4. The number of carbonyl (C=O) groups is 1. The molecule has 112 valence electrons. The van der Waals surface area contributed by atoms with Crippen molar-refractivity contribution in [2.75, 3.05) is 11.9 Å². The highest BCUT2D eigenvalue weighted by Crippen LogP contribution is 2.21. The van der Waals surface area contributed by atoms with Crippen molar-refractivity contribution in [3.63, 3.8) is 0 Å². The van der Waals surface area contributed by atoms with Crippen LogP contribution in [0, 0.1) is 6.92 Å². The van der Waals surface area contributed by atoms with E-state index in [9.17, 15) is 9.90 Å². The van der Waals surface area contributed by atoms with Crippen molar-refractivity contribution in [3.8, 4) is 5.75 Å². The third kappa shape index (κ3) is 3.01. The summed E-state index contributed by atoms with van der Waals surface area (Å²) in [7, 11) is 0. The van der Waals surface area contributed by atoms with Crippen molar-refractivity contribution in [3.05, 3.63) is 40.7 Å². The summed E-state index contributed by atoms with van der Waals surface area (Å²) in [6, 6.07) is 4.95. The average molecular weight is 309 g/mol. The third-order valence-electron chi connectivity index (χ3n) is 3.48. The number of H-pyrrole nitrogens is 1. The summed E-state index contributed by atoms with van der Waals surface area (Å²) < 4.78 is 0. The van der Waals surface area contributed by atoms with Crippen molar-refractivity contribution in [2.45, 2.75) is 19.9 Å². The van der Waals surface area contributed by atoms with Gasteiger partial charge in [0.1, 0.15) is 5.75 Å². The molecule has 21 heavy (non-hydrogen) atoms. The molecule has 1 aromatic heterocycles. The molecule has 1 amide bonds. The van der Waals surface area contributed by atoms with Gasteiger partial charge >= 0.3 is 0 Å². The van der Waals surface area contributed by atoms with Crippen LogP contribution in [0.3, 0.4) is 0 Å². The van der Waals surface area contributed by atoms with Crippen LogP contribution in [0.1, 0.15) is 27.3 Å². The van der Waals surface area contributed by atoms with Crippen molar-refractivity contribution >= 4 is 24.0 Å². The van der Waals surface area contributed by atoms with E-state index in [0.29, 0.717) is 23.5 Å². The molecule has 4 N–H and O–H groups in total. The van der Waals surface area contributed by atoms with Crippen LogP contribution in [-0.2, 0) is 13.0 Å². The van der Waals surface area contributed by atoms with Gasteiger partial charge in [0.2, 0.25) is 0 Å². The Bertz CT molecular complexity index is 669. The monoisotopic (exact) mass is 308 g/mol. The summed E-state index contributed by atoms with van der Waals surface area (Å²) in [6.07, 6.45) is 0.855. The van der Waals surface area contributed by atoms with Gasteiger partial charge in [0.25, 0.3) is 5.91 Å². The fraction of sp³-hybridized carbons (Fsp3) is 0.286. The lowest BCUT2D eigenvalue weighted by Gasteiger charge is -2.13. The van der Waals surface area contributed by atoms with Gasteiger partial charge in [0.15, 0.2) is 5.69 Å². The van der Waals surface area contributed by atoms with Gasteiger partial charge < -0.3 is 15.7 Å². The molecule has 0 bridgehead atoms. The van der Waals surface area contributed by atoms with E-state index in [2.05, 4.69) is 20.8 Å². The van der Waals surface area contributed by atoms with Crippen molar-refractivity contribution in [1.29, 1.82) is 0 Å². The minimum atomic E-state index is -0.240. The predicted molar refractivity (Wildman–Crippen MR) is 82.0 cm³/mol. The van der Waals surface area contributed by atoms with Crippen LogP contribution in [0.15, 0.2) is 18.2 Å². The summed E-state index contributed by atoms with van der Waals surface area (Å²) in [4.78, 5) is 12.3. The Morgan fingerprint density at radius 2 is 2.24 bits per heavy atom. The van der Waals surface area contributed by atoms with Gasteiger partial charge in [0, 0.05) is 36.5 Å². The Hall–Kier alpha value is -2.05. The van der Waals surface area contributed by atoms with Gasteiger partial charge in [-0.3, -0.25) is 9.89 Å². The molecule has 6 nitrogen and oxygen atoms in total. The highest BCUT2D eigenvalue weighted by molar-refractivity contribution is 6.04. The molecule has 2 heterocycles. The Labute approximate surface area is 128 Å². The Morgan fingerprint density at radius 3 is 3.00 bits per heavy atom. The molecule has 0 saturated heterocycles. The highest BCUT2D eigenvalue weighted by Gasteiger charge is 2.21. The molecule has 1 aromatic carbocycles. The predicted octanol–water partition coefficient (Wildman–Crippen LogP) is 1.74. The van der Waals surface area contributed by atoms with E-state index in [4.69, 9.17) is 0 Å². The Morgan fingerprint density at radius 1 is 1.43 bits per heavy atom. The lowest BCUT2D eigenvalue weighted by Crippen LogP contribution is -2.25. The van der Waals surface area contributed by atoms with Crippen LogP contribution in [0.5, 0.6) is 5.75 Å². The topological polar surface area (TPSA) is 90.0 Å². The molecule has 0 unspecified atom stereocenters. The lowest BCUT2D eigenvalue weighted by atomic mass is 10.1. The van der Waals surface area contributed by atoms with Crippen molar-refractivity contribution < 1.29 is 9.90 Å². The number of aromatic nitrogens is 2. The first kappa shape index (κ1) is 15.3. The minimum absolute atomic E-state index is 0. The molecule has 1 aliphatic rings. The summed E-state index contributed by atoms with van der Waals surface area (Å²) in [5.74, 6) is -0.0272. The van der Waals surface area contributed by atoms with Crippen LogP contribution < -0.4 is 10.6 Å². The number of aromatic hydroxyl groups is 1. The summed E-state index contributed by atoms with van der Waals surface area (Å²) in [6.45, 7) is 3.34. The van der Waals surface area contributed by atoms with E-state index in [-0.39, 0.29) is 24.1 Å². The van der Waals surface area contributed by atoms with Gasteiger partial charge in [-0.05, 0) is 30.7 Å². The smallest absolute Gasteiger partial charge is 0.276 e. The molecular formula is C14H17ClN4O2. The van der Waals surface area contributed by atoms with E-state index in [1.165, 1.54) is 0 Å². The molecule has 2 aromatic rings. The number of rotatable bonds is 2. The zero-order valence-electron chi connectivity index (χ0n) is 11.6. The first-order valence-electron chi connectivity index (χ1n) is 6.53. The van der Waals surface area contributed by atoms with Gasteiger partial charge in [-0.2, -0.15) is 5.10 Å². The number of benzene rings is 1. The third-order valence-corrected chi connectivity index (χ3v) is 3.48. The number of carbonyl (C=O) groups excluding carboxylic acids is 1. The quantitative estimate of drug-likeness (QED) is 0.636. The normalized spacial score (nSPS) is 13.2. The second-order valence-electron chi connectivity index (χ2n) is 4.91. The minimum Gasteiger partial charge on any atom is -0.508 e. The molecule has 0 atom stereocenters. The fourth-order valence-electron chi connectivity index (χ4n) is 2.34. The lowest BCUT2D eigenvalue weighted by molar-refractivity contribution is 0.102. The van der Waals surface area contributed by atoms with Gasteiger partial charge in [0.05, 0.1) is 0 Å². The summed E-state index contributed by atoms with van der Waals surface area (Å²) in [5, 5.41) is 22.5. The largest absolute Gasteiger partial charge is 0.508 e. The van der Waals surface area contributed by atoms with Gasteiger partial charge in [-0.15, -0.1) is 12.4 Å². The van der Waals surface area contributed by atoms with Crippen LogP contribution in [0.4, 0.5) is 5.69 Å². The maximum absolute atomic E-state index is 12.3. The van der Waals surface area contributed by atoms with Gasteiger partial charge in [-0.1, -0.05) is 0 Å². The number of nitrogens with one attached hydrogen (secondary N) is 3. The maximum atomic E-state index is 12.3. The molecular weight excluding hydrogens is 292 g/mol. The number of phenolic OH excluding ortho intramolecular Hbond substituents is 1. The van der Waals surface area contributed by atoms with Crippen LogP contribution in [-0.4, -0.2) is 27.8 Å². The standard InChI is InChI=1S/C14H16N4O2.ClH/c1-8-6-9(2-3-12(8)19)16-14(20)13-10-7-15-5-4-11(10)17-18-13;/h2-3,6,15,19H,4-5,7H2,1H3,(H,16,20)(H,17,18);1H.